The molecular formula is C18H19N3O3S. The molecule has 1 atom stereocenters. The number of aliphatic hydroxyl groups excluding tert-OH is 1. The number of nitrogens with one attached hydrogen (secondary N) is 1. The van der Waals surface area contributed by atoms with E-state index in [4.69, 9.17) is 4.74 Å². The summed E-state index contributed by atoms with van der Waals surface area (Å²) in [6, 6.07) is 9.72. The Labute approximate surface area is 149 Å². The van der Waals surface area contributed by atoms with Crippen LogP contribution in [0.2, 0.25) is 0 Å². The SMILES string of the molecule is COc1nn(C)cc1C(=O)NCC(O)c1ccc(-c2ccsc2)cc1. The summed E-state index contributed by atoms with van der Waals surface area (Å²) in [6.07, 6.45) is 0.791. The van der Waals surface area contributed by atoms with Crippen LogP contribution in [-0.2, 0) is 7.05 Å². The number of aromatic nitrogens is 2. The van der Waals surface area contributed by atoms with Crippen LogP contribution in [0.15, 0.2) is 47.3 Å². The predicted molar refractivity (Wildman–Crippen MR) is 96.8 cm³/mol. The lowest BCUT2D eigenvalue weighted by Crippen LogP contribution is -2.28. The Morgan fingerprint density at radius 2 is 2.08 bits per heavy atom. The third-order valence-electron chi connectivity index (χ3n) is 3.84. The number of hydrogen-bond donors (Lipinski definition) is 2. The molecule has 0 saturated heterocycles. The van der Waals surface area contributed by atoms with Gasteiger partial charge in [0.25, 0.3) is 5.91 Å². The number of amides is 1. The smallest absolute Gasteiger partial charge is 0.258 e. The monoisotopic (exact) mass is 357 g/mol. The van der Waals surface area contributed by atoms with Crippen LogP contribution in [0.25, 0.3) is 11.1 Å². The average molecular weight is 357 g/mol. The van der Waals surface area contributed by atoms with Gasteiger partial charge in [-0.1, -0.05) is 24.3 Å². The molecule has 1 unspecified atom stereocenters. The molecule has 0 saturated carbocycles. The molecule has 0 aliphatic rings. The first kappa shape index (κ1) is 17.2. The Balaban J connectivity index is 1.62. The minimum Gasteiger partial charge on any atom is -0.479 e. The molecule has 6 nitrogen and oxygen atoms in total. The lowest BCUT2D eigenvalue weighted by atomic mass is 10.0. The van der Waals surface area contributed by atoms with Crippen molar-refractivity contribution >= 4 is 17.2 Å². The van der Waals surface area contributed by atoms with E-state index in [2.05, 4.69) is 21.9 Å². The Morgan fingerprint density at radius 1 is 1.32 bits per heavy atom. The number of methoxy groups -OCH3 is 1. The number of hydrogen-bond acceptors (Lipinski definition) is 5. The van der Waals surface area contributed by atoms with E-state index in [1.54, 1.807) is 24.6 Å². The van der Waals surface area contributed by atoms with E-state index in [1.807, 2.05) is 29.6 Å². The number of rotatable bonds is 6. The molecule has 0 bridgehead atoms. The number of aliphatic hydroxyl groups is 1. The molecule has 0 radical (unpaired) electrons. The third kappa shape index (κ3) is 3.89. The summed E-state index contributed by atoms with van der Waals surface area (Å²) < 4.78 is 6.58. The zero-order valence-corrected chi connectivity index (χ0v) is 14.8. The van der Waals surface area contributed by atoms with E-state index in [1.165, 1.54) is 11.8 Å². The van der Waals surface area contributed by atoms with Gasteiger partial charge in [0, 0.05) is 19.8 Å². The molecule has 3 aromatic rings. The maximum atomic E-state index is 12.2. The second-order valence-electron chi connectivity index (χ2n) is 5.59. The molecule has 1 amide bonds. The minimum atomic E-state index is -0.789. The standard InChI is InChI=1S/C18H19N3O3S/c1-21-10-15(18(20-21)24-2)17(23)19-9-16(22)13-5-3-12(4-6-13)14-7-8-25-11-14/h3-8,10-11,16,22H,9H2,1-2H3,(H,19,23). The van der Waals surface area contributed by atoms with Crippen LogP contribution in [0.4, 0.5) is 0 Å². The van der Waals surface area contributed by atoms with Gasteiger partial charge in [0.2, 0.25) is 5.88 Å². The first-order valence-corrected chi connectivity index (χ1v) is 8.69. The van der Waals surface area contributed by atoms with Gasteiger partial charge < -0.3 is 15.2 Å². The average Bonchev–Trinajstić information content (AvgIpc) is 3.29. The number of carbonyl (C=O) groups excluding carboxylic acids is 1. The number of benzene rings is 1. The van der Waals surface area contributed by atoms with E-state index in [9.17, 15) is 9.90 Å². The van der Waals surface area contributed by atoms with Crippen molar-refractivity contribution in [1.29, 1.82) is 0 Å². The van der Waals surface area contributed by atoms with Gasteiger partial charge in [0.1, 0.15) is 5.56 Å². The van der Waals surface area contributed by atoms with Gasteiger partial charge in [-0.15, -0.1) is 5.10 Å². The molecule has 1 aromatic carbocycles. The van der Waals surface area contributed by atoms with E-state index in [0.717, 1.165) is 16.7 Å². The summed E-state index contributed by atoms with van der Waals surface area (Å²) in [4.78, 5) is 12.2. The van der Waals surface area contributed by atoms with Crippen molar-refractivity contribution in [3.8, 4) is 17.0 Å². The Kier molecular flexibility index (Phi) is 5.16. The molecule has 0 spiro atoms. The lowest BCUT2D eigenvalue weighted by molar-refractivity contribution is 0.0913. The molecular weight excluding hydrogens is 338 g/mol. The van der Waals surface area contributed by atoms with E-state index in [-0.39, 0.29) is 18.3 Å². The van der Waals surface area contributed by atoms with Gasteiger partial charge in [0.15, 0.2) is 0 Å². The maximum Gasteiger partial charge on any atom is 0.258 e. The van der Waals surface area contributed by atoms with Crippen LogP contribution in [0.1, 0.15) is 22.0 Å². The van der Waals surface area contributed by atoms with E-state index < -0.39 is 6.10 Å². The van der Waals surface area contributed by atoms with Crippen molar-refractivity contribution in [2.45, 2.75) is 6.10 Å². The van der Waals surface area contributed by atoms with Gasteiger partial charge in [-0.2, -0.15) is 11.3 Å². The molecule has 2 N–H and O–H groups in total. The van der Waals surface area contributed by atoms with Crippen LogP contribution >= 0.6 is 11.3 Å². The van der Waals surface area contributed by atoms with Crippen LogP contribution in [0, 0.1) is 0 Å². The van der Waals surface area contributed by atoms with Crippen LogP contribution < -0.4 is 10.1 Å². The summed E-state index contributed by atoms with van der Waals surface area (Å²) >= 11 is 1.64. The number of aryl methyl sites for hydroxylation is 1. The first-order chi connectivity index (χ1) is 12.1. The Bertz CT molecular complexity index is 841. The highest BCUT2D eigenvalue weighted by Gasteiger charge is 2.17. The molecule has 2 aromatic heterocycles. The minimum absolute atomic E-state index is 0.106. The Hall–Kier alpha value is -2.64. The molecule has 7 heteroatoms. The molecule has 0 aliphatic heterocycles. The zero-order valence-electron chi connectivity index (χ0n) is 14.0. The number of carbonyl (C=O) groups is 1. The molecule has 0 aliphatic carbocycles. The van der Waals surface area contributed by atoms with Crippen molar-refractivity contribution in [3.63, 3.8) is 0 Å². The topological polar surface area (TPSA) is 76.4 Å². The highest BCUT2D eigenvalue weighted by Crippen LogP contribution is 2.24. The van der Waals surface area contributed by atoms with Crippen molar-refractivity contribution < 1.29 is 14.6 Å². The maximum absolute atomic E-state index is 12.2. The highest BCUT2D eigenvalue weighted by atomic mass is 32.1. The van der Waals surface area contributed by atoms with Gasteiger partial charge in [-0.3, -0.25) is 9.48 Å². The Morgan fingerprint density at radius 3 is 2.72 bits per heavy atom. The fourth-order valence-electron chi connectivity index (χ4n) is 2.50. The largest absolute Gasteiger partial charge is 0.479 e. The van der Waals surface area contributed by atoms with Crippen molar-refractivity contribution in [3.05, 3.63) is 58.4 Å². The predicted octanol–water partition coefficient (Wildman–Crippen LogP) is 2.62. The normalized spacial score (nSPS) is 12.0. The van der Waals surface area contributed by atoms with Crippen molar-refractivity contribution in [2.75, 3.05) is 13.7 Å². The van der Waals surface area contributed by atoms with E-state index in [0.29, 0.717) is 5.56 Å². The van der Waals surface area contributed by atoms with Gasteiger partial charge in [0.05, 0.1) is 13.2 Å². The first-order valence-electron chi connectivity index (χ1n) is 7.75. The second-order valence-corrected chi connectivity index (χ2v) is 6.37. The van der Waals surface area contributed by atoms with E-state index >= 15 is 0 Å². The summed E-state index contributed by atoms with van der Waals surface area (Å²) in [7, 11) is 3.17. The van der Waals surface area contributed by atoms with Crippen molar-refractivity contribution in [2.24, 2.45) is 7.05 Å². The summed E-state index contributed by atoms with van der Waals surface area (Å²) in [5.41, 5.74) is 3.34. The number of nitrogens with zero attached hydrogens (tertiary/aromatic N) is 2. The molecule has 2 heterocycles. The van der Waals surface area contributed by atoms with Crippen LogP contribution in [0.5, 0.6) is 5.88 Å². The van der Waals surface area contributed by atoms with Gasteiger partial charge in [-0.05, 0) is 33.5 Å². The third-order valence-corrected chi connectivity index (χ3v) is 4.52. The molecule has 25 heavy (non-hydrogen) atoms. The summed E-state index contributed by atoms with van der Waals surface area (Å²) in [5, 5.41) is 21.2. The molecule has 3 rings (SSSR count). The number of ether oxygens (including phenoxy) is 1. The van der Waals surface area contributed by atoms with Crippen molar-refractivity contribution in [1.82, 2.24) is 15.1 Å². The highest BCUT2D eigenvalue weighted by molar-refractivity contribution is 7.08. The fourth-order valence-corrected chi connectivity index (χ4v) is 3.17. The summed E-state index contributed by atoms with van der Waals surface area (Å²) in [5.74, 6) is -0.0755. The van der Waals surface area contributed by atoms with Gasteiger partial charge in [-0.25, -0.2) is 0 Å². The zero-order chi connectivity index (χ0) is 17.8. The second kappa shape index (κ2) is 7.50. The molecule has 0 fully saturated rings. The number of thiophene rings is 1. The molecule has 130 valence electrons. The quantitative estimate of drug-likeness (QED) is 0.711. The fraction of sp³-hybridized carbons (Fsp3) is 0.222. The lowest BCUT2D eigenvalue weighted by Gasteiger charge is -2.12. The van der Waals surface area contributed by atoms with Crippen LogP contribution in [0.3, 0.4) is 0 Å². The van der Waals surface area contributed by atoms with Crippen LogP contribution in [-0.4, -0.2) is 34.4 Å². The van der Waals surface area contributed by atoms with Gasteiger partial charge >= 0.3 is 0 Å². The summed E-state index contributed by atoms with van der Waals surface area (Å²) in [6.45, 7) is 0.106.